The van der Waals surface area contributed by atoms with E-state index in [4.69, 9.17) is 4.42 Å². The van der Waals surface area contributed by atoms with E-state index in [9.17, 15) is 9.90 Å². The monoisotopic (exact) mass is 294 g/mol. The fourth-order valence-corrected chi connectivity index (χ4v) is 2.47. The van der Waals surface area contributed by atoms with Gasteiger partial charge in [0.05, 0.1) is 24.0 Å². The van der Waals surface area contributed by atoms with E-state index >= 15 is 0 Å². The number of aliphatic hydroxyl groups is 1. The summed E-state index contributed by atoms with van der Waals surface area (Å²) in [6.07, 6.45) is 2.21. The quantitative estimate of drug-likeness (QED) is 0.908. The summed E-state index contributed by atoms with van der Waals surface area (Å²) in [7, 11) is 0. The molecule has 2 N–H and O–H groups in total. The zero-order valence-electron chi connectivity index (χ0n) is 11.7. The van der Waals surface area contributed by atoms with Crippen LogP contribution >= 0.6 is 11.3 Å². The predicted molar refractivity (Wildman–Crippen MR) is 76.8 cm³/mol. The van der Waals surface area contributed by atoms with Gasteiger partial charge in [0.25, 0.3) is 5.91 Å². The number of thiazole rings is 1. The summed E-state index contributed by atoms with van der Waals surface area (Å²) in [5.74, 6) is 0.202. The van der Waals surface area contributed by atoms with E-state index in [1.807, 2.05) is 20.8 Å². The van der Waals surface area contributed by atoms with Gasteiger partial charge in [-0.25, -0.2) is 4.98 Å². The highest BCUT2D eigenvalue weighted by Crippen LogP contribution is 2.26. The number of amides is 1. The van der Waals surface area contributed by atoms with Gasteiger partial charge in [-0.2, -0.15) is 0 Å². The van der Waals surface area contributed by atoms with Crippen LogP contribution in [0.5, 0.6) is 0 Å². The average molecular weight is 294 g/mol. The number of hydrogen-bond donors (Lipinski definition) is 2. The minimum Gasteiger partial charge on any atom is -0.467 e. The van der Waals surface area contributed by atoms with Gasteiger partial charge in [0.1, 0.15) is 16.7 Å². The van der Waals surface area contributed by atoms with Crippen LogP contribution < -0.4 is 5.32 Å². The first-order valence-corrected chi connectivity index (χ1v) is 7.15. The molecule has 2 aromatic rings. The molecule has 2 heterocycles. The van der Waals surface area contributed by atoms with Crippen LogP contribution in [0.2, 0.25) is 0 Å². The van der Waals surface area contributed by atoms with E-state index in [1.54, 1.807) is 18.3 Å². The molecule has 1 amide bonds. The average Bonchev–Trinajstić information content (AvgIpc) is 3.04. The molecule has 20 heavy (non-hydrogen) atoms. The Bertz CT molecular complexity index is 570. The lowest BCUT2D eigenvalue weighted by molar-refractivity contribution is 0.0905. The van der Waals surface area contributed by atoms with Crippen LogP contribution in [0.4, 0.5) is 0 Å². The third-order valence-electron chi connectivity index (χ3n) is 2.70. The molecule has 0 saturated heterocycles. The van der Waals surface area contributed by atoms with E-state index in [2.05, 4.69) is 10.3 Å². The van der Waals surface area contributed by atoms with Gasteiger partial charge in [0.15, 0.2) is 0 Å². The van der Waals surface area contributed by atoms with Crippen molar-refractivity contribution >= 4 is 17.2 Å². The summed E-state index contributed by atoms with van der Waals surface area (Å²) in [5, 5.41) is 13.4. The Morgan fingerprint density at radius 3 is 2.85 bits per heavy atom. The standard InChI is InChI=1S/C14H18N2O3S/c1-14(2,3)13-16-8-11(20-13)12(18)15-7-9(17)10-5-4-6-19-10/h4-6,8-9,17H,7H2,1-3H3,(H,15,18). The normalized spacial score (nSPS) is 13.2. The minimum absolute atomic E-state index is 0.0725. The molecule has 0 aromatic carbocycles. The minimum atomic E-state index is -0.844. The van der Waals surface area contributed by atoms with Crippen molar-refractivity contribution in [3.63, 3.8) is 0 Å². The van der Waals surface area contributed by atoms with Gasteiger partial charge in [0, 0.05) is 5.41 Å². The van der Waals surface area contributed by atoms with E-state index < -0.39 is 6.10 Å². The third kappa shape index (κ3) is 3.46. The van der Waals surface area contributed by atoms with Crippen molar-refractivity contribution in [3.05, 3.63) is 40.2 Å². The van der Waals surface area contributed by atoms with Gasteiger partial charge < -0.3 is 14.8 Å². The molecule has 0 fully saturated rings. The second-order valence-electron chi connectivity index (χ2n) is 5.52. The second kappa shape index (κ2) is 5.76. The van der Waals surface area contributed by atoms with Crippen LogP contribution in [0.1, 0.15) is 47.3 Å². The molecule has 0 saturated carbocycles. The smallest absolute Gasteiger partial charge is 0.263 e. The van der Waals surface area contributed by atoms with Gasteiger partial charge in [-0.05, 0) is 12.1 Å². The molecule has 2 rings (SSSR count). The number of rotatable bonds is 4. The fourth-order valence-electron chi connectivity index (χ4n) is 1.58. The van der Waals surface area contributed by atoms with E-state index in [-0.39, 0.29) is 17.9 Å². The van der Waals surface area contributed by atoms with Crippen LogP contribution in [0, 0.1) is 0 Å². The SMILES string of the molecule is CC(C)(C)c1ncc(C(=O)NCC(O)c2ccco2)s1. The van der Waals surface area contributed by atoms with Crippen LogP contribution in [-0.2, 0) is 5.41 Å². The van der Waals surface area contributed by atoms with Crippen LogP contribution in [0.3, 0.4) is 0 Å². The Kier molecular flexibility index (Phi) is 4.25. The van der Waals surface area contributed by atoms with Crippen molar-refractivity contribution in [1.82, 2.24) is 10.3 Å². The Morgan fingerprint density at radius 1 is 1.55 bits per heavy atom. The lowest BCUT2D eigenvalue weighted by Gasteiger charge is -2.13. The van der Waals surface area contributed by atoms with E-state index in [0.717, 1.165) is 5.01 Å². The van der Waals surface area contributed by atoms with Gasteiger partial charge in [-0.3, -0.25) is 4.79 Å². The molecule has 0 aliphatic carbocycles. The van der Waals surface area contributed by atoms with E-state index in [0.29, 0.717) is 10.6 Å². The first-order chi connectivity index (χ1) is 9.38. The lowest BCUT2D eigenvalue weighted by Crippen LogP contribution is -2.27. The number of nitrogens with one attached hydrogen (secondary N) is 1. The summed E-state index contributed by atoms with van der Waals surface area (Å²) in [6.45, 7) is 6.26. The highest BCUT2D eigenvalue weighted by Gasteiger charge is 2.21. The maximum Gasteiger partial charge on any atom is 0.263 e. The summed E-state index contributed by atoms with van der Waals surface area (Å²) in [6, 6.07) is 3.36. The Balaban J connectivity index is 1.94. The highest BCUT2D eigenvalue weighted by molar-refractivity contribution is 7.13. The summed E-state index contributed by atoms with van der Waals surface area (Å²) >= 11 is 1.37. The van der Waals surface area contributed by atoms with E-state index in [1.165, 1.54) is 17.6 Å². The number of carbonyl (C=O) groups excluding carboxylic acids is 1. The molecule has 0 bridgehead atoms. The topological polar surface area (TPSA) is 75.4 Å². The highest BCUT2D eigenvalue weighted by atomic mass is 32.1. The maximum absolute atomic E-state index is 12.0. The first kappa shape index (κ1) is 14.7. The number of aromatic nitrogens is 1. The number of nitrogens with zero attached hydrogens (tertiary/aromatic N) is 1. The third-order valence-corrected chi connectivity index (χ3v) is 4.12. The first-order valence-electron chi connectivity index (χ1n) is 6.34. The number of aliphatic hydroxyl groups excluding tert-OH is 1. The number of hydrogen-bond acceptors (Lipinski definition) is 5. The molecule has 2 aromatic heterocycles. The molecule has 0 radical (unpaired) electrons. The molecular formula is C14H18N2O3S. The summed E-state index contributed by atoms with van der Waals surface area (Å²) in [4.78, 5) is 16.8. The van der Waals surface area contributed by atoms with Crippen LogP contribution in [0.15, 0.2) is 29.0 Å². The van der Waals surface area contributed by atoms with Crippen LogP contribution in [-0.4, -0.2) is 22.5 Å². The Hall–Kier alpha value is -1.66. The van der Waals surface area contributed by atoms with Crippen LogP contribution in [0.25, 0.3) is 0 Å². The molecule has 108 valence electrons. The van der Waals surface area contributed by atoms with Crippen molar-refractivity contribution in [3.8, 4) is 0 Å². The molecule has 1 unspecified atom stereocenters. The molecule has 0 aliphatic heterocycles. The maximum atomic E-state index is 12.0. The molecular weight excluding hydrogens is 276 g/mol. The van der Waals surface area contributed by atoms with Gasteiger partial charge in [-0.15, -0.1) is 11.3 Å². The van der Waals surface area contributed by atoms with Crippen molar-refractivity contribution in [2.75, 3.05) is 6.54 Å². The lowest BCUT2D eigenvalue weighted by atomic mass is 9.98. The largest absolute Gasteiger partial charge is 0.467 e. The Morgan fingerprint density at radius 2 is 2.30 bits per heavy atom. The molecule has 6 heteroatoms. The van der Waals surface area contributed by atoms with Crippen molar-refractivity contribution in [1.29, 1.82) is 0 Å². The Labute approximate surface area is 121 Å². The second-order valence-corrected chi connectivity index (χ2v) is 6.55. The van der Waals surface area contributed by atoms with Crippen molar-refractivity contribution < 1.29 is 14.3 Å². The zero-order valence-corrected chi connectivity index (χ0v) is 12.5. The molecule has 0 spiro atoms. The molecule has 5 nitrogen and oxygen atoms in total. The van der Waals surface area contributed by atoms with Crippen molar-refractivity contribution in [2.45, 2.75) is 32.3 Å². The summed E-state index contributed by atoms with van der Waals surface area (Å²) < 4.78 is 5.07. The molecule has 1 atom stereocenters. The number of furan rings is 1. The number of carbonyl (C=O) groups is 1. The predicted octanol–water partition coefficient (Wildman–Crippen LogP) is 2.50. The van der Waals surface area contributed by atoms with Gasteiger partial charge in [-0.1, -0.05) is 20.8 Å². The van der Waals surface area contributed by atoms with Gasteiger partial charge >= 0.3 is 0 Å². The zero-order chi connectivity index (χ0) is 14.8. The summed E-state index contributed by atoms with van der Waals surface area (Å²) in [5.41, 5.74) is -0.0725. The van der Waals surface area contributed by atoms with Gasteiger partial charge in [0.2, 0.25) is 0 Å². The fraction of sp³-hybridized carbons (Fsp3) is 0.429. The molecule has 0 aliphatic rings. The van der Waals surface area contributed by atoms with Crippen molar-refractivity contribution in [2.24, 2.45) is 0 Å².